The van der Waals surface area contributed by atoms with Crippen LogP contribution in [0.1, 0.15) is 52.0 Å². The van der Waals surface area contributed by atoms with Gasteiger partial charge in [-0.3, -0.25) is 0 Å². The van der Waals surface area contributed by atoms with Crippen molar-refractivity contribution in [1.82, 2.24) is 0 Å². The summed E-state index contributed by atoms with van der Waals surface area (Å²) in [7, 11) is 0. The smallest absolute Gasteiger partial charge is 0.0598 e. The van der Waals surface area contributed by atoms with Crippen molar-refractivity contribution in [2.45, 2.75) is 58.5 Å². The van der Waals surface area contributed by atoms with Gasteiger partial charge in [0.05, 0.1) is 5.60 Å². The molecular weight excluding hydrogens is 196 g/mol. The van der Waals surface area contributed by atoms with Crippen molar-refractivity contribution >= 4 is 0 Å². The Labute approximate surface area is 100 Å². The Morgan fingerprint density at radius 1 is 1.12 bits per heavy atom. The van der Waals surface area contributed by atoms with Crippen LogP contribution < -0.4 is 0 Å². The van der Waals surface area contributed by atoms with E-state index in [1.807, 2.05) is 0 Å². The lowest BCUT2D eigenvalue weighted by atomic mass is 10.1. The standard InChI is InChI=1S/C15H25O/c1-15(2,3)16-13-9-5-4-6-10-14-11-7-8-12-14/h7-8,11-12H,4-6,9-10,13H2,1-3H3/q-1. The van der Waals surface area contributed by atoms with Crippen LogP contribution in [0.4, 0.5) is 0 Å². The van der Waals surface area contributed by atoms with Gasteiger partial charge in [-0.15, -0.1) is 0 Å². The molecule has 0 saturated heterocycles. The molecule has 0 unspecified atom stereocenters. The number of hydrogen-bond acceptors (Lipinski definition) is 1. The summed E-state index contributed by atoms with van der Waals surface area (Å²) < 4.78 is 5.68. The second-order valence-corrected chi connectivity index (χ2v) is 5.42. The summed E-state index contributed by atoms with van der Waals surface area (Å²) in [6.45, 7) is 7.24. The van der Waals surface area contributed by atoms with Gasteiger partial charge in [-0.2, -0.15) is 17.7 Å². The van der Waals surface area contributed by atoms with Crippen LogP contribution in [0.5, 0.6) is 0 Å². The SMILES string of the molecule is CC(C)(C)OCCCCCCc1ccc[cH-]1. The fourth-order valence-electron chi connectivity index (χ4n) is 1.74. The van der Waals surface area contributed by atoms with Crippen molar-refractivity contribution in [2.75, 3.05) is 6.61 Å². The predicted octanol–water partition coefficient (Wildman–Crippen LogP) is 4.32. The van der Waals surface area contributed by atoms with Crippen LogP contribution in [0.15, 0.2) is 24.3 Å². The zero-order valence-electron chi connectivity index (χ0n) is 11.0. The number of hydrogen-bond donors (Lipinski definition) is 0. The molecule has 0 aromatic heterocycles. The molecule has 0 bridgehead atoms. The Balaban J connectivity index is 1.89. The van der Waals surface area contributed by atoms with E-state index in [-0.39, 0.29) is 5.60 Å². The molecule has 92 valence electrons. The summed E-state index contributed by atoms with van der Waals surface area (Å²) in [4.78, 5) is 0. The molecule has 1 aromatic rings. The molecule has 0 spiro atoms. The van der Waals surface area contributed by atoms with Crippen LogP contribution in [0.25, 0.3) is 0 Å². The van der Waals surface area contributed by atoms with Gasteiger partial charge in [0.2, 0.25) is 0 Å². The molecule has 0 aliphatic heterocycles. The minimum absolute atomic E-state index is 0.0231. The first-order valence-corrected chi connectivity index (χ1v) is 6.42. The molecule has 1 nitrogen and oxygen atoms in total. The Morgan fingerprint density at radius 3 is 2.50 bits per heavy atom. The second-order valence-electron chi connectivity index (χ2n) is 5.42. The zero-order chi connectivity index (χ0) is 11.9. The number of rotatable bonds is 7. The molecule has 0 radical (unpaired) electrons. The average molecular weight is 221 g/mol. The largest absolute Gasteiger partial charge is 0.376 e. The van der Waals surface area contributed by atoms with Gasteiger partial charge in [-0.1, -0.05) is 25.7 Å². The monoisotopic (exact) mass is 221 g/mol. The van der Waals surface area contributed by atoms with Gasteiger partial charge in [0.15, 0.2) is 0 Å². The Morgan fingerprint density at radius 2 is 1.88 bits per heavy atom. The topological polar surface area (TPSA) is 9.23 Å². The van der Waals surface area contributed by atoms with E-state index in [2.05, 4.69) is 45.0 Å². The summed E-state index contributed by atoms with van der Waals surface area (Å²) in [5.74, 6) is 0. The maximum Gasteiger partial charge on any atom is 0.0598 e. The lowest BCUT2D eigenvalue weighted by Gasteiger charge is -2.19. The van der Waals surface area contributed by atoms with Gasteiger partial charge in [0, 0.05) is 6.61 Å². The van der Waals surface area contributed by atoms with E-state index >= 15 is 0 Å². The van der Waals surface area contributed by atoms with Crippen molar-refractivity contribution in [2.24, 2.45) is 0 Å². The fraction of sp³-hybridized carbons (Fsp3) is 0.667. The number of aryl methyl sites for hydroxylation is 1. The van der Waals surface area contributed by atoms with Crippen molar-refractivity contribution in [3.05, 3.63) is 29.8 Å². The summed E-state index contributed by atoms with van der Waals surface area (Å²) in [6.07, 6.45) is 6.33. The van der Waals surface area contributed by atoms with Gasteiger partial charge in [-0.25, -0.2) is 12.1 Å². The number of unbranched alkanes of at least 4 members (excludes halogenated alkanes) is 3. The quantitative estimate of drug-likeness (QED) is 0.492. The first-order chi connectivity index (χ1) is 7.58. The minimum atomic E-state index is 0.0231. The van der Waals surface area contributed by atoms with Gasteiger partial charge in [-0.05, 0) is 27.2 Å². The van der Waals surface area contributed by atoms with Gasteiger partial charge >= 0.3 is 0 Å². The van der Waals surface area contributed by atoms with Crippen LogP contribution in [0.2, 0.25) is 0 Å². The average Bonchev–Trinajstić information content (AvgIpc) is 2.67. The molecule has 0 fully saturated rings. The molecule has 16 heavy (non-hydrogen) atoms. The van der Waals surface area contributed by atoms with E-state index in [1.165, 1.54) is 37.7 Å². The van der Waals surface area contributed by atoms with Crippen LogP contribution in [-0.4, -0.2) is 12.2 Å². The summed E-state index contributed by atoms with van der Waals surface area (Å²) in [6, 6.07) is 8.66. The van der Waals surface area contributed by atoms with Crippen molar-refractivity contribution in [3.63, 3.8) is 0 Å². The van der Waals surface area contributed by atoms with Crippen LogP contribution >= 0.6 is 0 Å². The fourth-order valence-corrected chi connectivity index (χ4v) is 1.74. The van der Waals surface area contributed by atoms with Crippen LogP contribution in [0, 0.1) is 0 Å². The number of ether oxygens (including phenoxy) is 1. The van der Waals surface area contributed by atoms with Gasteiger partial charge in [0.1, 0.15) is 0 Å². The highest BCUT2D eigenvalue weighted by Gasteiger charge is 2.08. The van der Waals surface area contributed by atoms with E-state index in [9.17, 15) is 0 Å². The molecule has 0 atom stereocenters. The van der Waals surface area contributed by atoms with E-state index in [0.717, 1.165) is 6.61 Å². The second kappa shape index (κ2) is 6.80. The molecule has 0 N–H and O–H groups in total. The Bertz CT molecular complexity index is 253. The van der Waals surface area contributed by atoms with E-state index < -0.39 is 0 Å². The van der Waals surface area contributed by atoms with Gasteiger partial charge in [0.25, 0.3) is 0 Å². The van der Waals surface area contributed by atoms with E-state index in [0.29, 0.717) is 0 Å². The summed E-state index contributed by atoms with van der Waals surface area (Å²) in [5, 5.41) is 0. The molecule has 0 aliphatic rings. The highest BCUT2D eigenvalue weighted by molar-refractivity contribution is 5.15. The minimum Gasteiger partial charge on any atom is -0.376 e. The summed E-state index contributed by atoms with van der Waals surface area (Å²) in [5.41, 5.74) is 1.50. The maximum atomic E-state index is 5.68. The molecule has 1 aromatic carbocycles. The van der Waals surface area contributed by atoms with Gasteiger partial charge < -0.3 is 4.74 Å². The Kier molecular flexibility index (Phi) is 5.68. The third kappa shape index (κ3) is 6.73. The highest BCUT2D eigenvalue weighted by atomic mass is 16.5. The molecule has 0 heterocycles. The Hall–Kier alpha value is -0.690. The molecule has 0 saturated carbocycles. The molecule has 0 amide bonds. The molecule has 1 rings (SSSR count). The van der Waals surface area contributed by atoms with Crippen LogP contribution in [0.3, 0.4) is 0 Å². The maximum absolute atomic E-state index is 5.68. The first-order valence-electron chi connectivity index (χ1n) is 6.42. The third-order valence-electron chi connectivity index (χ3n) is 2.63. The first kappa shape index (κ1) is 13.4. The van der Waals surface area contributed by atoms with Crippen molar-refractivity contribution in [3.8, 4) is 0 Å². The lowest BCUT2D eigenvalue weighted by molar-refractivity contribution is -0.00473. The van der Waals surface area contributed by atoms with Crippen LogP contribution in [-0.2, 0) is 11.2 Å². The van der Waals surface area contributed by atoms with E-state index in [1.54, 1.807) is 0 Å². The predicted molar refractivity (Wildman–Crippen MR) is 69.9 cm³/mol. The summed E-state index contributed by atoms with van der Waals surface area (Å²) >= 11 is 0. The van der Waals surface area contributed by atoms with E-state index in [4.69, 9.17) is 4.74 Å². The normalized spacial score (nSPS) is 11.9. The molecule has 0 aliphatic carbocycles. The van der Waals surface area contributed by atoms with Crippen molar-refractivity contribution < 1.29 is 4.74 Å². The highest BCUT2D eigenvalue weighted by Crippen LogP contribution is 2.11. The third-order valence-corrected chi connectivity index (χ3v) is 2.63. The molecule has 1 heteroatoms. The lowest BCUT2D eigenvalue weighted by Crippen LogP contribution is -2.19. The van der Waals surface area contributed by atoms with Crippen molar-refractivity contribution in [1.29, 1.82) is 0 Å². The molecular formula is C15H25O-. The zero-order valence-corrected chi connectivity index (χ0v) is 11.0.